The molecule has 1 aliphatic heterocycles. The lowest BCUT2D eigenvalue weighted by atomic mass is 10.1. The highest BCUT2D eigenvalue weighted by molar-refractivity contribution is 5.99. The molecule has 0 bridgehead atoms. The van der Waals surface area contributed by atoms with E-state index in [0.717, 1.165) is 11.3 Å². The van der Waals surface area contributed by atoms with Crippen LogP contribution in [-0.4, -0.2) is 18.4 Å². The standard InChI is InChI=1S/C23H20N2O4/c26-21(13-14-28-18-9-5-2-6-10-18)24-17-11-12-20-19(15-17)25-23(27)22(29-20)16-7-3-1-4-8-16/h1-12,15,22H,13-14H2,(H,24,26)(H,25,27). The van der Waals surface area contributed by atoms with Crippen molar-refractivity contribution in [3.8, 4) is 11.5 Å². The van der Waals surface area contributed by atoms with Gasteiger partial charge in [-0.3, -0.25) is 9.59 Å². The van der Waals surface area contributed by atoms with Crippen LogP contribution in [0.25, 0.3) is 0 Å². The third-order valence-electron chi connectivity index (χ3n) is 4.45. The molecule has 1 unspecified atom stereocenters. The summed E-state index contributed by atoms with van der Waals surface area (Å²) in [5.74, 6) is 0.861. The molecule has 1 aliphatic rings. The number of rotatable bonds is 6. The lowest BCUT2D eigenvalue weighted by Crippen LogP contribution is -2.30. The van der Waals surface area contributed by atoms with Crippen LogP contribution < -0.4 is 20.1 Å². The molecule has 1 heterocycles. The number of hydrogen-bond acceptors (Lipinski definition) is 4. The molecular weight excluding hydrogens is 368 g/mol. The van der Waals surface area contributed by atoms with Gasteiger partial charge in [-0.2, -0.15) is 0 Å². The van der Waals surface area contributed by atoms with Crippen molar-refractivity contribution in [1.29, 1.82) is 0 Å². The average molecular weight is 388 g/mol. The molecule has 6 nitrogen and oxygen atoms in total. The minimum Gasteiger partial charge on any atom is -0.493 e. The molecule has 0 saturated carbocycles. The molecule has 2 N–H and O–H groups in total. The van der Waals surface area contributed by atoms with Crippen LogP contribution in [0.5, 0.6) is 11.5 Å². The van der Waals surface area contributed by atoms with Gasteiger partial charge in [0.15, 0.2) is 0 Å². The number of anilines is 2. The summed E-state index contributed by atoms with van der Waals surface area (Å²) in [6.45, 7) is 0.277. The van der Waals surface area contributed by atoms with Gasteiger partial charge in [-0.05, 0) is 30.3 Å². The predicted molar refractivity (Wildman–Crippen MR) is 110 cm³/mol. The fourth-order valence-electron chi connectivity index (χ4n) is 3.04. The number of para-hydroxylation sites is 1. The smallest absolute Gasteiger partial charge is 0.270 e. The van der Waals surface area contributed by atoms with E-state index in [0.29, 0.717) is 17.1 Å². The summed E-state index contributed by atoms with van der Waals surface area (Å²) in [7, 11) is 0. The number of fused-ring (bicyclic) bond motifs is 1. The highest BCUT2D eigenvalue weighted by Gasteiger charge is 2.29. The lowest BCUT2D eigenvalue weighted by Gasteiger charge is -2.26. The molecule has 0 radical (unpaired) electrons. The summed E-state index contributed by atoms with van der Waals surface area (Å²) in [6.07, 6.45) is -0.482. The summed E-state index contributed by atoms with van der Waals surface area (Å²) >= 11 is 0. The third-order valence-corrected chi connectivity index (χ3v) is 4.45. The number of benzene rings is 3. The molecule has 6 heteroatoms. The van der Waals surface area contributed by atoms with Crippen LogP contribution >= 0.6 is 0 Å². The number of ether oxygens (including phenoxy) is 2. The highest BCUT2D eigenvalue weighted by atomic mass is 16.5. The normalized spacial score (nSPS) is 14.9. The third kappa shape index (κ3) is 4.55. The Labute approximate surface area is 168 Å². The maximum atomic E-state index is 12.4. The molecule has 4 rings (SSSR count). The second-order valence-corrected chi connectivity index (χ2v) is 6.57. The molecule has 0 spiro atoms. The van der Waals surface area contributed by atoms with E-state index < -0.39 is 6.10 Å². The zero-order chi connectivity index (χ0) is 20.1. The number of carbonyl (C=O) groups is 2. The summed E-state index contributed by atoms with van der Waals surface area (Å²) in [6, 6.07) is 23.8. The van der Waals surface area contributed by atoms with Crippen molar-refractivity contribution < 1.29 is 19.1 Å². The van der Waals surface area contributed by atoms with E-state index >= 15 is 0 Å². The van der Waals surface area contributed by atoms with Crippen LogP contribution in [0.2, 0.25) is 0 Å². The van der Waals surface area contributed by atoms with Crippen molar-refractivity contribution in [3.05, 3.63) is 84.4 Å². The molecule has 0 fully saturated rings. The molecular formula is C23H20N2O4. The monoisotopic (exact) mass is 388 g/mol. The van der Waals surface area contributed by atoms with E-state index in [1.807, 2.05) is 60.7 Å². The Bertz CT molecular complexity index is 1010. The number of carbonyl (C=O) groups excluding carboxylic acids is 2. The van der Waals surface area contributed by atoms with Gasteiger partial charge in [-0.15, -0.1) is 0 Å². The largest absolute Gasteiger partial charge is 0.493 e. The minimum atomic E-state index is -0.695. The maximum Gasteiger partial charge on any atom is 0.270 e. The van der Waals surface area contributed by atoms with Gasteiger partial charge in [0.05, 0.1) is 18.7 Å². The number of nitrogens with one attached hydrogen (secondary N) is 2. The Hall–Kier alpha value is -3.80. The summed E-state index contributed by atoms with van der Waals surface area (Å²) in [5.41, 5.74) is 1.89. The van der Waals surface area contributed by atoms with E-state index in [9.17, 15) is 9.59 Å². The quantitative estimate of drug-likeness (QED) is 0.665. The molecule has 3 aromatic rings. The second kappa shape index (κ2) is 8.48. The molecule has 29 heavy (non-hydrogen) atoms. The van der Waals surface area contributed by atoms with E-state index in [-0.39, 0.29) is 24.8 Å². The van der Waals surface area contributed by atoms with Gasteiger partial charge in [0.25, 0.3) is 5.91 Å². The fraction of sp³-hybridized carbons (Fsp3) is 0.130. The first-order chi connectivity index (χ1) is 14.2. The van der Waals surface area contributed by atoms with Crippen LogP contribution in [0.15, 0.2) is 78.9 Å². The van der Waals surface area contributed by atoms with Crippen molar-refractivity contribution in [2.45, 2.75) is 12.5 Å². The van der Waals surface area contributed by atoms with Crippen molar-refractivity contribution in [1.82, 2.24) is 0 Å². The Balaban J connectivity index is 1.36. The maximum absolute atomic E-state index is 12.4. The Morgan fingerprint density at radius 3 is 2.48 bits per heavy atom. The molecule has 146 valence electrons. The average Bonchev–Trinajstić information content (AvgIpc) is 2.74. The summed E-state index contributed by atoms with van der Waals surface area (Å²) in [4.78, 5) is 24.6. The molecule has 3 aromatic carbocycles. The molecule has 1 atom stereocenters. The van der Waals surface area contributed by atoms with E-state index in [1.165, 1.54) is 0 Å². The van der Waals surface area contributed by atoms with Crippen molar-refractivity contribution in [2.75, 3.05) is 17.2 Å². The van der Waals surface area contributed by atoms with Crippen molar-refractivity contribution in [3.63, 3.8) is 0 Å². The molecule has 2 amide bonds. The topological polar surface area (TPSA) is 76.7 Å². The van der Waals surface area contributed by atoms with Crippen molar-refractivity contribution >= 4 is 23.2 Å². The Morgan fingerprint density at radius 2 is 1.72 bits per heavy atom. The first-order valence-electron chi connectivity index (χ1n) is 9.33. The van der Waals surface area contributed by atoms with Gasteiger partial charge in [-0.1, -0.05) is 48.5 Å². The summed E-state index contributed by atoms with van der Waals surface area (Å²) in [5, 5.41) is 5.66. The Kier molecular flexibility index (Phi) is 5.42. The zero-order valence-electron chi connectivity index (χ0n) is 15.6. The van der Waals surface area contributed by atoms with E-state index in [2.05, 4.69) is 10.6 Å². The SMILES string of the molecule is O=C(CCOc1ccccc1)Nc1ccc2c(c1)NC(=O)C(c1ccccc1)O2. The van der Waals surface area contributed by atoms with Crippen LogP contribution in [0, 0.1) is 0 Å². The molecule has 0 aromatic heterocycles. The van der Waals surface area contributed by atoms with Crippen molar-refractivity contribution in [2.24, 2.45) is 0 Å². The van der Waals surface area contributed by atoms with E-state index in [4.69, 9.17) is 9.47 Å². The Morgan fingerprint density at radius 1 is 1.00 bits per heavy atom. The molecule has 0 aliphatic carbocycles. The van der Waals surface area contributed by atoms with Gasteiger partial charge < -0.3 is 20.1 Å². The van der Waals surface area contributed by atoms with Gasteiger partial charge in [-0.25, -0.2) is 0 Å². The van der Waals surface area contributed by atoms with Crippen LogP contribution in [-0.2, 0) is 9.59 Å². The van der Waals surface area contributed by atoms with Gasteiger partial charge in [0.2, 0.25) is 12.0 Å². The number of amides is 2. The molecule has 0 saturated heterocycles. The minimum absolute atomic E-state index is 0.175. The predicted octanol–water partition coefficient (Wildman–Crippen LogP) is 4.17. The van der Waals surface area contributed by atoms with Gasteiger partial charge in [0.1, 0.15) is 11.5 Å². The second-order valence-electron chi connectivity index (χ2n) is 6.57. The lowest BCUT2D eigenvalue weighted by molar-refractivity contribution is -0.123. The summed E-state index contributed by atoms with van der Waals surface area (Å²) < 4.78 is 11.4. The van der Waals surface area contributed by atoms with Gasteiger partial charge >= 0.3 is 0 Å². The zero-order valence-corrected chi connectivity index (χ0v) is 15.6. The first kappa shape index (κ1) is 18.6. The van der Waals surface area contributed by atoms with Crippen LogP contribution in [0.4, 0.5) is 11.4 Å². The van der Waals surface area contributed by atoms with Crippen LogP contribution in [0.3, 0.4) is 0 Å². The number of hydrogen-bond donors (Lipinski definition) is 2. The fourth-order valence-corrected chi connectivity index (χ4v) is 3.04. The van der Waals surface area contributed by atoms with E-state index in [1.54, 1.807) is 18.2 Å². The van der Waals surface area contributed by atoms with Crippen LogP contribution in [0.1, 0.15) is 18.1 Å². The first-order valence-corrected chi connectivity index (χ1v) is 9.33. The highest BCUT2D eigenvalue weighted by Crippen LogP contribution is 2.36. The van der Waals surface area contributed by atoms with Gasteiger partial charge in [0, 0.05) is 11.3 Å².